The summed E-state index contributed by atoms with van der Waals surface area (Å²) >= 11 is 1.32. The summed E-state index contributed by atoms with van der Waals surface area (Å²) in [5.41, 5.74) is 1.60. The van der Waals surface area contributed by atoms with Crippen molar-refractivity contribution in [1.29, 1.82) is 0 Å². The molecule has 4 rings (SSSR count). The zero-order chi connectivity index (χ0) is 26.3. The van der Waals surface area contributed by atoms with E-state index in [0.717, 1.165) is 25.0 Å². The Morgan fingerprint density at radius 1 is 1.08 bits per heavy atom. The second kappa shape index (κ2) is 11.9. The molecule has 2 atom stereocenters. The monoisotopic (exact) mass is 518 g/mol. The molecule has 0 unspecified atom stereocenters. The number of carbonyl (C=O) groups is 1. The Morgan fingerprint density at radius 2 is 1.81 bits per heavy atom. The van der Waals surface area contributed by atoms with E-state index in [1.807, 2.05) is 11.2 Å². The number of nitrogens with zero attached hydrogens (tertiary/aromatic N) is 5. The minimum atomic E-state index is -4.61. The summed E-state index contributed by atoms with van der Waals surface area (Å²) in [6.07, 6.45) is 11.3. The molecule has 0 saturated carbocycles. The first kappa shape index (κ1) is 27.0. The summed E-state index contributed by atoms with van der Waals surface area (Å²) in [5.74, 6) is -1.80. The maximum Gasteiger partial charge on any atom is 0.451 e. The van der Waals surface area contributed by atoms with Gasteiger partial charge in [0, 0.05) is 48.5 Å². The van der Waals surface area contributed by atoms with E-state index in [0.29, 0.717) is 28.1 Å². The van der Waals surface area contributed by atoms with Gasteiger partial charge in [0.1, 0.15) is 10.8 Å². The van der Waals surface area contributed by atoms with Crippen LogP contribution in [0.1, 0.15) is 31.2 Å². The Balaban J connectivity index is 0.00000176. The molecule has 1 aliphatic heterocycles. The number of halogens is 4. The van der Waals surface area contributed by atoms with Crippen molar-refractivity contribution in [1.82, 2.24) is 29.6 Å². The number of pyridine rings is 2. The van der Waals surface area contributed by atoms with Crippen molar-refractivity contribution in [3.63, 3.8) is 0 Å². The quantitative estimate of drug-likeness (QED) is 0.292. The third-order valence-corrected chi connectivity index (χ3v) is 6.56. The average Bonchev–Trinajstić information content (AvgIpc) is 3.25. The number of amides is 1. The molecule has 3 aromatic rings. The Hall–Kier alpha value is -3.56. The van der Waals surface area contributed by atoms with Gasteiger partial charge in [0.15, 0.2) is 0 Å². The van der Waals surface area contributed by atoms with Gasteiger partial charge in [-0.15, -0.1) is 12.8 Å². The van der Waals surface area contributed by atoms with Crippen molar-refractivity contribution in [3.05, 3.63) is 66.4 Å². The van der Waals surface area contributed by atoms with E-state index in [1.54, 1.807) is 18.3 Å². The second-order valence-corrected chi connectivity index (χ2v) is 8.82. The van der Waals surface area contributed by atoms with Crippen LogP contribution >= 0.6 is 11.9 Å². The Morgan fingerprint density at radius 3 is 2.44 bits per heavy atom. The number of hydrogen-bond acceptors (Lipinski definition) is 7. The van der Waals surface area contributed by atoms with Crippen LogP contribution in [0.25, 0.3) is 11.1 Å². The fourth-order valence-corrected chi connectivity index (χ4v) is 4.62. The largest absolute Gasteiger partial charge is 0.451 e. The topological polar surface area (TPSA) is 83.9 Å². The highest BCUT2D eigenvalue weighted by Gasteiger charge is 2.37. The van der Waals surface area contributed by atoms with Gasteiger partial charge in [-0.2, -0.15) is 13.2 Å². The molecule has 7 nitrogen and oxygen atoms in total. The molecule has 0 spiro atoms. The number of hydrogen-bond donors (Lipinski definition) is 1. The molecule has 0 radical (unpaired) electrons. The van der Waals surface area contributed by atoms with Gasteiger partial charge < -0.3 is 5.32 Å². The van der Waals surface area contributed by atoms with Gasteiger partial charge in [0.2, 0.25) is 11.7 Å². The van der Waals surface area contributed by atoms with Crippen molar-refractivity contribution in [2.45, 2.75) is 49.6 Å². The summed E-state index contributed by atoms with van der Waals surface area (Å²) in [6, 6.07) is 4.36. The van der Waals surface area contributed by atoms with Gasteiger partial charge in [-0.25, -0.2) is 23.6 Å². The number of carbonyl (C=O) groups excluding carboxylic acids is 1. The van der Waals surface area contributed by atoms with Crippen LogP contribution in [0.3, 0.4) is 0 Å². The van der Waals surface area contributed by atoms with Crippen molar-refractivity contribution in [2.24, 2.45) is 0 Å². The number of rotatable bonds is 6. The van der Waals surface area contributed by atoms with Crippen LogP contribution in [0.15, 0.2) is 54.2 Å². The van der Waals surface area contributed by atoms with Crippen LogP contribution < -0.4 is 5.32 Å². The molecule has 188 valence electrons. The van der Waals surface area contributed by atoms with Crippen LogP contribution in [0.2, 0.25) is 0 Å². The second-order valence-electron chi connectivity index (χ2n) is 7.80. The van der Waals surface area contributed by atoms with Crippen molar-refractivity contribution in [2.75, 3.05) is 0 Å². The maximum absolute atomic E-state index is 13.1. The van der Waals surface area contributed by atoms with Crippen LogP contribution in [0.4, 0.5) is 17.6 Å². The standard InChI is InChI=1S/C22H20F4N6OS.C2H2/c1-13-2-4-18(32(13)34-19-5-3-17(23)12-28-19)20(33)29-8-14-6-15(9-27-7-14)16-10-30-21(31-11-16)22(24,25)26;1-2/h3,5-7,9-13,18H,2,4,8H2,1H3,(H,29,33);1-2H/t13-,18-;/m0./s1. The summed E-state index contributed by atoms with van der Waals surface area (Å²) < 4.78 is 53.1. The fourth-order valence-electron chi connectivity index (χ4n) is 3.56. The molecule has 1 aliphatic rings. The highest BCUT2D eigenvalue weighted by molar-refractivity contribution is 7.97. The lowest BCUT2D eigenvalue weighted by atomic mass is 10.1. The molecule has 0 bridgehead atoms. The Bertz CT molecular complexity index is 1190. The third-order valence-electron chi connectivity index (χ3n) is 5.30. The number of aromatic nitrogens is 4. The predicted octanol–water partition coefficient (Wildman–Crippen LogP) is 4.52. The molecule has 3 aromatic heterocycles. The van der Waals surface area contributed by atoms with Crippen molar-refractivity contribution < 1.29 is 22.4 Å². The van der Waals surface area contributed by atoms with Crippen molar-refractivity contribution >= 4 is 17.9 Å². The minimum Gasteiger partial charge on any atom is -0.351 e. The number of alkyl halides is 3. The van der Waals surface area contributed by atoms with E-state index in [1.165, 1.54) is 24.2 Å². The first-order valence-electron chi connectivity index (χ1n) is 10.7. The van der Waals surface area contributed by atoms with Crippen LogP contribution in [-0.2, 0) is 17.5 Å². The molecule has 36 heavy (non-hydrogen) atoms. The molecule has 1 saturated heterocycles. The number of terminal acetylenes is 1. The van der Waals surface area contributed by atoms with Gasteiger partial charge in [-0.3, -0.25) is 9.78 Å². The van der Waals surface area contributed by atoms with E-state index in [2.05, 4.69) is 38.1 Å². The number of nitrogens with one attached hydrogen (secondary N) is 1. The van der Waals surface area contributed by atoms with Gasteiger partial charge >= 0.3 is 6.18 Å². The maximum atomic E-state index is 13.1. The molecule has 4 heterocycles. The molecule has 0 aromatic carbocycles. The minimum absolute atomic E-state index is 0.136. The Kier molecular flexibility index (Phi) is 8.95. The molecule has 1 fully saturated rings. The molecule has 0 aliphatic carbocycles. The zero-order valence-electron chi connectivity index (χ0n) is 19.1. The van der Waals surface area contributed by atoms with E-state index < -0.39 is 17.8 Å². The molecule has 1 N–H and O–H groups in total. The summed E-state index contributed by atoms with van der Waals surface area (Å²) in [6.45, 7) is 2.21. The van der Waals surface area contributed by atoms with Gasteiger partial charge in [0.05, 0.1) is 12.2 Å². The lowest BCUT2D eigenvalue weighted by Crippen LogP contribution is -2.41. The predicted molar refractivity (Wildman–Crippen MR) is 126 cm³/mol. The molecule has 12 heteroatoms. The van der Waals surface area contributed by atoms with E-state index in [-0.39, 0.29) is 24.5 Å². The lowest BCUT2D eigenvalue weighted by Gasteiger charge is -2.25. The zero-order valence-corrected chi connectivity index (χ0v) is 19.9. The van der Waals surface area contributed by atoms with Gasteiger partial charge in [0.25, 0.3) is 0 Å². The lowest BCUT2D eigenvalue weighted by molar-refractivity contribution is -0.145. The van der Waals surface area contributed by atoms with Crippen LogP contribution in [-0.4, -0.2) is 42.2 Å². The highest BCUT2D eigenvalue weighted by atomic mass is 32.2. The van der Waals surface area contributed by atoms with Gasteiger partial charge in [-0.05, 0) is 55.5 Å². The third kappa shape index (κ3) is 6.77. The Labute approximate surface area is 209 Å². The first-order valence-corrected chi connectivity index (χ1v) is 11.5. The SMILES string of the molecule is C#C.C[C@H]1CC[C@@H](C(=O)NCc2cncc(-c3cnc(C(F)(F)F)nc3)c2)N1Sc1ccc(F)cn1. The summed E-state index contributed by atoms with van der Waals surface area (Å²) in [5, 5.41) is 3.50. The summed E-state index contributed by atoms with van der Waals surface area (Å²) in [7, 11) is 0. The fraction of sp³-hybridized carbons (Fsp3) is 0.292. The normalized spacial score (nSPS) is 17.8. The van der Waals surface area contributed by atoms with E-state index >= 15 is 0 Å². The van der Waals surface area contributed by atoms with E-state index in [4.69, 9.17) is 0 Å². The first-order chi connectivity index (χ1) is 17.2. The molecular formula is C24H22F4N6OS. The van der Waals surface area contributed by atoms with Crippen molar-refractivity contribution in [3.8, 4) is 24.0 Å². The molecular weight excluding hydrogens is 496 g/mol. The molecule has 1 amide bonds. The van der Waals surface area contributed by atoms with Crippen LogP contribution in [0.5, 0.6) is 0 Å². The highest BCUT2D eigenvalue weighted by Crippen LogP contribution is 2.34. The van der Waals surface area contributed by atoms with Gasteiger partial charge in [-0.1, -0.05) is 0 Å². The smallest absolute Gasteiger partial charge is 0.351 e. The van der Waals surface area contributed by atoms with Crippen LogP contribution in [0, 0.1) is 18.7 Å². The van der Waals surface area contributed by atoms with E-state index in [9.17, 15) is 22.4 Å². The average molecular weight is 519 g/mol. The summed E-state index contributed by atoms with van der Waals surface area (Å²) in [4.78, 5) is 27.8.